The molecule has 0 spiro atoms. The first-order valence-corrected chi connectivity index (χ1v) is 6.77. The first-order valence-electron chi connectivity index (χ1n) is 6.77. The van der Waals surface area contributed by atoms with Crippen molar-refractivity contribution in [3.63, 3.8) is 0 Å². The van der Waals surface area contributed by atoms with Crippen LogP contribution in [0.3, 0.4) is 0 Å². The molecule has 1 saturated carbocycles. The van der Waals surface area contributed by atoms with Gasteiger partial charge in [0.15, 0.2) is 0 Å². The molecule has 0 saturated heterocycles. The summed E-state index contributed by atoms with van der Waals surface area (Å²) in [5.41, 5.74) is -2.31. The monoisotopic (exact) mass is 295 g/mol. The molecule has 21 heavy (non-hydrogen) atoms. The summed E-state index contributed by atoms with van der Waals surface area (Å²) in [7, 11) is 0. The first-order chi connectivity index (χ1) is 9.93. The summed E-state index contributed by atoms with van der Waals surface area (Å²) in [6.45, 7) is -0.413. The summed E-state index contributed by atoms with van der Waals surface area (Å²) >= 11 is 0. The molecule has 0 aromatic carbocycles. The molecule has 1 aliphatic rings. The van der Waals surface area contributed by atoms with Gasteiger partial charge in [0.1, 0.15) is 12.1 Å². The fourth-order valence-corrected chi connectivity index (χ4v) is 2.58. The van der Waals surface area contributed by atoms with Gasteiger partial charge in [-0.1, -0.05) is 19.3 Å². The summed E-state index contributed by atoms with van der Waals surface area (Å²) in [6, 6.07) is 2.12. The molecule has 8 nitrogen and oxygen atoms in total. The molecule has 0 radical (unpaired) electrons. The Morgan fingerprint density at radius 2 is 1.90 bits per heavy atom. The molecule has 0 atom stereocenters. The number of hydrogen-bond donors (Lipinski definition) is 3. The van der Waals surface area contributed by atoms with E-state index < -0.39 is 35.1 Å². The van der Waals surface area contributed by atoms with Crippen LogP contribution >= 0.6 is 0 Å². The van der Waals surface area contributed by atoms with Gasteiger partial charge in [-0.25, -0.2) is 9.48 Å². The minimum Gasteiger partial charge on any atom is -0.480 e. The lowest BCUT2D eigenvalue weighted by Crippen LogP contribution is -2.56. The predicted octanol–water partition coefficient (Wildman–Crippen LogP) is -0.560. The van der Waals surface area contributed by atoms with E-state index in [0.717, 1.165) is 36.1 Å². The largest absolute Gasteiger partial charge is 0.480 e. The van der Waals surface area contributed by atoms with Crippen LogP contribution in [0.2, 0.25) is 0 Å². The zero-order valence-corrected chi connectivity index (χ0v) is 11.4. The molecule has 8 heteroatoms. The molecule has 1 amide bonds. The number of carbonyl (C=O) groups is 2. The Bertz CT molecular complexity index is 654. The maximum atomic E-state index is 12.0. The SMILES string of the molecule is O=C(Cn1[nH]c(=O)ccc1=O)NC1(C(=O)O)CCCCC1. The lowest BCUT2D eigenvalue weighted by Gasteiger charge is -2.33. The number of carbonyl (C=O) groups excluding carboxylic acids is 1. The Morgan fingerprint density at radius 3 is 2.52 bits per heavy atom. The molecule has 1 heterocycles. The number of aromatic amines is 1. The Kier molecular flexibility index (Phi) is 4.25. The summed E-state index contributed by atoms with van der Waals surface area (Å²) in [4.78, 5) is 46.1. The number of rotatable bonds is 4. The minimum atomic E-state index is -1.27. The highest BCUT2D eigenvalue weighted by atomic mass is 16.4. The molecular weight excluding hydrogens is 278 g/mol. The molecule has 0 bridgehead atoms. The molecule has 3 N–H and O–H groups in total. The van der Waals surface area contributed by atoms with Gasteiger partial charge in [-0.2, -0.15) is 0 Å². The van der Waals surface area contributed by atoms with Crippen LogP contribution in [-0.2, 0) is 16.1 Å². The number of aliphatic carboxylic acids is 1. The Morgan fingerprint density at radius 1 is 1.24 bits per heavy atom. The van der Waals surface area contributed by atoms with Gasteiger partial charge in [0.2, 0.25) is 5.91 Å². The summed E-state index contributed by atoms with van der Waals surface area (Å²) in [5.74, 6) is -1.67. The normalized spacial score (nSPS) is 17.1. The third kappa shape index (κ3) is 3.39. The van der Waals surface area contributed by atoms with Crippen LogP contribution in [0.15, 0.2) is 21.7 Å². The Balaban J connectivity index is 2.13. The molecular formula is C13H17N3O5. The number of nitrogens with one attached hydrogen (secondary N) is 2. The Labute approximate surface area is 119 Å². The summed E-state index contributed by atoms with van der Waals surface area (Å²) in [5, 5.41) is 14.1. The van der Waals surface area contributed by atoms with E-state index in [1.807, 2.05) is 0 Å². The predicted molar refractivity (Wildman–Crippen MR) is 72.9 cm³/mol. The van der Waals surface area contributed by atoms with E-state index in [0.29, 0.717) is 12.8 Å². The van der Waals surface area contributed by atoms with Crippen molar-refractivity contribution < 1.29 is 14.7 Å². The molecule has 2 rings (SSSR count). The topological polar surface area (TPSA) is 121 Å². The summed E-state index contributed by atoms with van der Waals surface area (Å²) in [6.07, 6.45) is 3.14. The van der Waals surface area contributed by atoms with Crippen molar-refractivity contribution in [1.29, 1.82) is 0 Å². The fraction of sp³-hybridized carbons (Fsp3) is 0.538. The van der Waals surface area contributed by atoms with Crippen LogP contribution in [0, 0.1) is 0 Å². The Hall–Kier alpha value is -2.38. The highest BCUT2D eigenvalue weighted by molar-refractivity contribution is 5.87. The van der Waals surface area contributed by atoms with E-state index in [4.69, 9.17) is 0 Å². The van der Waals surface area contributed by atoms with E-state index in [2.05, 4.69) is 10.4 Å². The number of hydrogen-bond acceptors (Lipinski definition) is 4. The number of aromatic nitrogens is 2. The molecule has 1 aliphatic carbocycles. The number of nitrogens with zero attached hydrogens (tertiary/aromatic N) is 1. The quantitative estimate of drug-likeness (QED) is 0.687. The van der Waals surface area contributed by atoms with Crippen LogP contribution in [0.4, 0.5) is 0 Å². The van der Waals surface area contributed by atoms with Gasteiger partial charge in [-0.15, -0.1) is 0 Å². The van der Waals surface area contributed by atoms with E-state index in [1.165, 1.54) is 0 Å². The van der Waals surface area contributed by atoms with Gasteiger partial charge >= 0.3 is 5.97 Å². The van der Waals surface area contributed by atoms with E-state index in [-0.39, 0.29) is 0 Å². The van der Waals surface area contributed by atoms with Gasteiger partial charge in [0.05, 0.1) is 0 Å². The maximum Gasteiger partial charge on any atom is 0.329 e. The van der Waals surface area contributed by atoms with Crippen molar-refractivity contribution >= 4 is 11.9 Å². The van der Waals surface area contributed by atoms with E-state index in [1.54, 1.807) is 0 Å². The van der Waals surface area contributed by atoms with Crippen molar-refractivity contribution in [1.82, 2.24) is 15.1 Å². The van der Waals surface area contributed by atoms with Crippen LogP contribution in [0.25, 0.3) is 0 Å². The van der Waals surface area contributed by atoms with Crippen LogP contribution in [0.1, 0.15) is 32.1 Å². The fourth-order valence-electron chi connectivity index (χ4n) is 2.58. The van der Waals surface area contributed by atoms with Crippen LogP contribution in [-0.4, -0.2) is 32.3 Å². The van der Waals surface area contributed by atoms with Crippen molar-refractivity contribution in [3.8, 4) is 0 Å². The smallest absolute Gasteiger partial charge is 0.329 e. The summed E-state index contributed by atoms with van der Waals surface area (Å²) < 4.78 is 0.857. The number of carboxylic acids is 1. The van der Waals surface area contributed by atoms with Gasteiger partial charge in [-0.05, 0) is 12.8 Å². The maximum absolute atomic E-state index is 12.0. The molecule has 1 aromatic rings. The van der Waals surface area contributed by atoms with Gasteiger partial charge in [0, 0.05) is 12.1 Å². The molecule has 1 aromatic heterocycles. The van der Waals surface area contributed by atoms with Crippen molar-refractivity contribution in [2.24, 2.45) is 0 Å². The molecule has 1 fully saturated rings. The lowest BCUT2D eigenvalue weighted by atomic mass is 9.81. The average Bonchev–Trinajstić information content (AvgIpc) is 2.43. The second-order valence-corrected chi connectivity index (χ2v) is 5.23. The third-order valence-corrected chi connectivity index (χ3v) is 3.69. The van der Waals surface area contributed by atoms with Gasteiger partial charge < -0.3 is 10.4 Å². The van der Waals surface area contributed by atoms with Gasteiger partial charge in [-0.3, -0.25) is 19.5 Å². The highest BCUT2D eigenvalue weighted by Gasteiger charge is 2.40. The second-order valence-electron chi connectivity index (χ2n) is 5.23. The lowest BCUT2D eigenvalue weighted by molar-refractivity contribution is -0.149. The molecule has 114 valence electrons. The third-order valence-electron chi connectivity index (χ3n) is 3.69. The van der Waals surface area contributed by atoms with Crippen molar-refractivity contribution in [2.45, 2.75) is 44.2 Å². The van der Waals surface area contributed by atoms with Crippen molar-refractivity contribution in [3.05, 3.63) is 32.8 Å². The average molecular weight is 295 g/mol. The zero-order chi connectivity index (χ0) is 15.5. The zero-order valence-electron chi connectivity index (χ0n) is 11.4. The van der Waals surface area contributed by atoms with Crippen LogP contribution in [0.5, 0.6) is 0 Å². The van der Waals surface area contributed by atoms with Gasteiger partial charge in [0.25, 0.3) is 11.1 Å². The molecule has 0 aliphatic heterocycles. The number of H-pyrrole nitrogens is 1. The molecule has 0 unspecified atom stereocenters. The van der Waals surface area contributed by atoms with Crippen molar-refractivity contribution in [2.75, 3.05) is 0 Å². The second kappa shape index (κ2) is 5.94. The van der Waals surface area contributed by atoms with Crippen LogP contribution < -0.4 is 16.4 Å². The minimum absolute atomic E-state index is 0.369. The number of carboxylic acid groups (broad SMARTS) is 1. The first kappa shape index (κ1) is 15.0. The number of amides is 1. The van der Waals surface area contributed by atoms with E-state index >= 15 is 0 Å². The van der Waals surface area contributed by atoms with E-state index in [9.17, 15) is 24.3 Å². The highest BCUT2D eigenvalue weighted by Crippen LogP contribution is 2.28. The standard InChI is InChI=1S/C13H17N3O5/c17-9-4-5-11(19)16(15-9)8-10(18)14-13(12(20)21)6-2-1-3-7-13/h4-5H,1-3,6-8H2,(H,14,18)(H,15,17)(H,20,21).